The molecule has 6 heteroatoms. The number of likely N-dealkylation sites (N-methyl/N-ethyl adjacent to an activating group) is 1. The minimum Gasteiger partial charge on any atom is -0.453 e. The maximum absolute atomic E-state index is 11.5. The summed E-state index contributed by atoms with van der Waals surface area (Å²) in [5.74, 6) is 1.59. The van der Waals surface area contributed by atoms with E-state index in [0.717, 1.165) is 44.8 Å². The van der Waals surface area contributed by atoms with Gasteiger partial charge >= 0.3 is 6.09 Å². The predicted molar refractivity (Wildman–Crippen MR) is 76.7 cm³/mol. The van der Waals surface area contributed by atoms with Gasteiger partial charge in [-0.2, -0.15) is 0 Å². The van der Waals surface area contributed by atoms with Crippen LogP contribution < -0.4 is 0 Å². The van der Waals surface area contributed by atoms with Crippen LogP contribution in [0.3, 0.4) is 0 Å². The topological polar surface area (TPSA) is 50.6 Å². The van der Waals surface area contributed by atoms with Crippen molar-refractivity contribution in [3.05, 3.63) is 18.2 Å². The third kappa shape index (κ3) is 3.50. The Morgan fingerprint density at radius 3 is 2.75 bits per heavy atom. The summed E-state index contributed by atoms with van der Waals surface area (Å²) in [7, 11) is 5.58. The molecule has 1 aromatic heterocycles. The zero-order valence-corrected chi connectivity index (χ0v) is 12.6. The van der Waals surface area contributed by atoms with Gasteiger partial charge in [-0.05, 0) is 26.9 Å². The summed E-state index contributed by atoms with van der Waals surface area (Å²) in [6.07, 6.45) is 5.60. The Balaban J connectivity index is 1.93. The molecule has 1 aliphatic heterocycles. The number of imidazole rings is 1. The van der Waals surface area contributed by atoms with Crippen molar-refractivity contribution in [2.75, 3.05) is 40.8 Å². The highest BCUT2D eigenvalue weighted by molar-refractivity contribution is 5.67. The standard InChI is InChI=1S/C14H24N4O2/c1-16(2)10-11-17-9-6-15-13(17)12-4-7-18(8-5-12)14(19)20-3/h6,9,12H,4-5,7-8,10-11H2,1-3H3. The van der Waals surface area contributed by atoms with Crippen LogP contribution >= 0.6 is 0 Å². The van der Waals surface area contributed by atoms with Gasteiger partial charge in [-0.3, -0.25) is 0 Å². The molecule has 0 aromatic carbocycles. The molecule has 2 rings (SSSR count). The quantitative estimate of drug-likeness (QED) is 0.836. The maximum Gasteiger partial charge on any atom is 0.409 e. The summed E-state index contributed by atoms with van der Waals surface area (Å²) in [4.78, 5) is 19.9. The van der Waals surface area contributed by atoms with Crippen LogP contribution in [0, 0.1) is 0 Å². The largest absolute Gasteiger partial charge is 0.453 e. The second-order valence-corrected chi connectivity index (χ2v) is 5.51. The molecule has 0 bridgehead atoms. The van der Waals surface area contributed by atoms with E-state index in [9.17, 15) is 4.79 Å². The molecule has 0 unspecified atom stereocenters. The van der Waals surface area contributed by atoms with E-state index >= 15 is 0 Å². The smallest absolute Gasteiger partial charge is 0.409 e. The van der Waals surface area contributed by atoms with Gasteiger partial charge < -0.3 is 19.1 Å². The summed E-state index contributed by atoms with van der Waals surface area (Å²) in [6.45, 7) is 3.46. The fraction of sp³-hybridized carbons (Fsp3) is 0.714. The minimum absolute atomic E-state index is 0.223. The highest BCUT2D eigenvalue weighted by atomic mass is 16.5. The van der Waals surface area contributed by atoms with E-state index < -0.39 is 0 Å². The number of rotatable bonds is 4. The second kappa shape index (κ2) is 6.74. The van der Waals surface area contributed by atoms with Crippen molar-refractivity contribution in [1.82, 2.24) is 19.4 Å². The Labute approximate surface area is 120 Å². The van der Waals surface area contributed by atoms with Crippen molar-refractivity contribution < 1.29 is 9.53 Å². The molecule has 6 nitrogen and oxygen atoms in total. The van der Waals surface area contributed by atoms with Crippen LogP contribution in [0.2, 0.25) is 0 Å². The van der Waals surface area contributed by atoms with E-state index in [4.69, 9.17) is 4.74 Å². The first-order valence-electron chi connectivity index (χ1n) is 7.10. The van der Waals surface area contributed by atoms with Gasteiger partial charge in [0.1, 0.15) is 5.82 Å². The number of nitrogens with zero attached hydrogens (tertiary/aromatic N) is 4. The van der Waals surface area contributed by atoms with E-state index in [-0.39, 0.29) is 6.09 Å². The maximum atomic E-state index is 11.5. The number of piperidine rings is 1. The molecule has 1 aromatic rings. The van der Waals surface area contributed by atoms with E-state index in [1.165, 1.54) is 7.11 Å². The van der Waals surface area contributed by atoms with Gasteiger partial charge in [0.2, 0.25) is 0 Å². The van der Waals surface area contributed by atoms with Crippen LogP contribution in [0.1, 0.15) is 24.6 Å². The van der Waals surface area contributed by atoms with Crippen LogP contribution in [0.25, 0.3) is 0 Å². The van der Waals surface area contributed by atoms with E-state index in [0.29, 0.717) is 5.92 Å². The number of hydrogen-bond donors (Lipinski definition) is 0. The lowest BCUT2D eigenvalue weighted by Crippen LogP contribution is -2.38. The Morgan fingerprint density at radius 2 is 2.15 bits per heavy atom. The van der Waals surface area contributed by atoms with Crippen molar-refractivity contribution in [2.45, 2.75) is 25.3 Å². The third-order valence-electron chi connectivity index (χ3n) is 3.83. The average Bonchev–Trinajstić information content (AvgIpc) is 2.93. The number of hydrogen-bond acceptors (Lipinski definition) is 4. The van der Waals surface area contributed by atoms with E-state index in [1.807, 2.05) is 12.4 Å². The first-order valence-corrected chi connectivity index (χ1v) is 7.10. The van der Waals surface area contributed by atoms with Gasteiger partial charge in [0.15, 0.2) is 0 Å². The predicted octanol–water partition coefficient (Wildman–Crippen LogP) is 1.39. The molecule has 0 saturated carbocycles. The lowest BCUT2D eigenvalue weighted by Gasteiger charge is -2.30. The summed E-state index contributed by atoms with van der Waals surface area (Å²) in [5.41, 5.74) is 0. The summed E-state index contributed by atoms with van der Waals surface area (Å²) in [5, 5.41) is 0. The zero-order chi connectivity index (χ0) is 14.5. The second-order valence-electron chi connectivity index (χ2n) is 5.51. The lowest BCUT2D eigenvalue weighted by molar-refractivity contribution is 0.111. The number of carbonyl (C=O) groups excluding carboxylic acids is 1. The van der Waals surface area contributed by atoms with Gasteiger partial charge in [-0.25, -0.2) is 9.78 Å². The van der Waals surface area contributed by atoms with Crippen LogP contribution in [-0.2, 0) is 11.3 Å². The average molecular weight is 280 g/mol. The first kappa shape index (κ1) is 14.8. The fourth-order valence-corrected chi connectivity index (χ4v) is 2.63. The molecule has 0 radical (unpaired) electrons. The molecule has 0 aliphatic carbocycles. The molecule has 1 fully saturated rings. The molecular formula is C14H24N4O2. The highest BCUT2D eigenvalue weighted by Crippen LogP contribution is 2.27. The van der Waals surface area contributed by atoms with Crippen molar-refractivity contribution in [3.8, 4) is 0 Å². The SMILES string of the molecule is COC(=O)N1CCC(c2nccn2CCN(C)C)CC1. The lowest BCUT2D eigenvalue weighted by atomic mass is 9.96. The van der Waals surface area contributed by atoms with Crippen molar-refractivity contribution in [3.63, 3.8) is 0 Å². The number of likely N-dealkylation sites (tertiary alicyclic amines) is 1. The highest BCUT2D eigenvalue weighted by Gasteiger charge is 2.26. The van der Waals surface area contributed by atoms with E-state index in [1.54, 1.807) is 4.90 Å². The normalized spacial score (nSPS) is 16.7. The van der Waals surface area contributed by atoms with Crippen molar-refractivity contribution in [2.24, 2.45) is 0 Å². The number of carbonyl (C=O) groups is 1. The van der Waals surface area contributed by atoms with Crippen molar-refractivity contribution >= 4 is 6.09 Å². The summed E-state index contributed by atoms with van der Waals surface area (Å²) < 4.78 is 7.00. The number of aromatic nitrogens is 2. The monoisotopic (exact) mass is 280 g/mol. The molecule has 0 atom stereocenters. The molecule has 1 saturated heterocycles. The molecule has 2 heterocycles. The van der Waals surface area contributed by atoms with Crippen LogP contribution in [-0.4, -0.2) is 66.3 Å². The van der Waals surface area contributed by atoms with Gasteiger partial charge in [0, 0.05) is 44.5 Å². The summed E-state index contributed by atoms with van der Waals surface area (Å²) >= 11 is 0. The van der Waals surface area contributed by atoms with Crippen LogP contribution in [0.5, 0.6) is 0 Å². The molecule has 1 amide bonds. The molecule has 0 spiro atoms. The minimum atomic E-state index is -0.223. The number of ether oxygens (including phenoxy) is 1. The molecule has 112 valence electrons. The zero-order valence-electron chi connectivity index (χ0n) is 12.6. The first-order chi connectivity index (χ1) is 9.61. The third-order valence-corrected chi connectivity index (χ3v) is 3.83. The Kier molecular flexibility index (Phi) is 5.00. The van der Waals surface area contributed by atoms with Gasteiger partial charge in [-0.15, -0.1) is 0 Å². The van der Waals surface area contributed by atoms with Gasteiger partial charge in [-0.1, -0.05) is 0 Å². The fourth-order valence-electron chi connectivity index (χ4n) is 2.63. The Hall–Kier alpha value is -1.56. The Bertz CT molecular complexity index is 436. The van der Waals surface area contributed by atoms with E-state index in [2.05, 4.69) is 28.5 Å². The number of methoxy groups -OCH3 is 1. The molecular weight excluding hydrogens is 256 g/mol. The Morgan fingerprint density at radius 1 is 1.45 bits per heavy atom. The molecule has 1 aliphatic rings. The van der Waals surface area contributed by atoms with Crippen molar-refractivity contribution in [1.29, 1.82) is 0 Å². The van der Waals surface area contributed by atoms with Gasteiger partial charge in [0.05, 0.1) is 7.11 Å². The van der Waals surface area contributed by atoms with Crippen LogP contribution in [0.4, 0.5) is 4.79 Å². The molecule has 0 N–H and O–H groups in total. The van der Waals surface area contributed by atoms with Crippen LogP contribution in [0.15, 0.2) is 12.4 Å². The van der Waals surface area contributed by atoms with Gasteiger partial charge in [0.25, 0.3) is 0 Å². The molecule has 20 heavy (non-hydrogen) atoms. The number of amides is 1. The summed E-state index contributed by atoms with van der Waals surface area (Å²) in [6, 6.07) is 0.